The highest BCUT2D eigenvalue weighted by atomic mass is 35.5. The molecule has 0 bridgehead atoms. The zero-order valence-electron chi connectivity index (χ0n) is 14.8. The first-order chi connectivity index (χ1) is 13.0. The lowest BCUT2D eigenvalue weighted by atomic mass is 9.90. The number of fused-ring (bicyclic) bond motifs is 1. The van der Waals surface area contributed by atoms with E-state index < -0.39 is 18.0 Å². The number of H-pyrrole nitrogens is 1. The Balaban J connectivity index is 1.91. The molecule has 2 atom stereocenters. The van der Waals surface area contributed by atoms with E-state index in [2.05, 4.69) is 15.6 Å². The second-order valence-electron chi connectivity index (χ2n) is 6.35. The van der Waals surface area contributed by atoms with Gasteiger partial charge in [-0.15, -0.1) is 0 Å². The van der Waals surface area contributed by atoms with Gasteiger partial charge in [-0.25, -0.2) is 4.79 Å². The highest BCUT2D eigenvalue weighted by Crippen LogP contribution is 2.34. The summed E-state index contributed by atoms with van der Waals surface area (Å²) in [4.78, 5) is 26.1. The van der Waals surface area contributed by atoms with Gasteiger partial charge in [0.05, 0.1) is 6.04 Å². The molecule has 27 heavy (non-hydrogen) atoms. The van der Waals surface area contributed by atoms with Gasteiger partial charge < -0.3 is 16.0 Å². The summed E-state index contributed by atoms with van der Waals surface area (Å²) >= 11 is 6.46. The maximum atomic E-state index is 12.0. The second-order valence-corrected chi connectivity index (χ2v) is 6.75. The molecule has 0 saturated heterocycles. The minimum Gasteiger partial charge on any atom is -0.361 e. The van der Waals surface area contributed by atoms with Crippen molar-refractivity contribution in [2.24, 2.45) is 5.73 Å². The Hall–Kier alpha value is -2.83. The number of halogens is 1. The van der Waals surface area contributed by atoms with Crippen molar-refractivity contribution in [3.63, 3.8) is 0 Å². The number of nitrogens with one attached hydrogen (secondary N) is 3. The maximum Gasteiger partial charge on any atom is 0.318 e. The molecule has 0 aliphatic rings. The van der Waals surface area contributed by atoms with Gasteiger partial charge in [-0.05, 0) is 30.2 Å². The average molecular weight is 385 g/mol. The SMILES string of the molecule is C[C@H](NC[C@@H](c1ccccc1Cl)c1c[nH]c2ccccc12)C(=O)NC(N)=O. The van der Waals surface area contributed by atoms with E-state index in [1.807, 2.05) is 54.7 Å². The zero-order chi connectivity index (χ0) is 19.4. The molecule has 6 nitrogen and oxygen atoms in total. The van der Waals surface area contributed by atoms with E-state index in [0.717, 1.165) is 22.0 Å². The number of aromatic amines is 1. The van der Waals surface area contributed by atoms with Gasteiger partial charge in [0.1, 0.15) is 0 Å². The minimum atomic E-state index is -0.868. The number of amides is 3. The maximum absolute atomic E-state index is 12.0. The molecule has 0 radical (unpaired) electrons. The third kappa shape index (κ3) is 4.30. The first kappa shape index (κ1) is 18.9. The molecule has 0 aliphatic carbocycles. The number of hydrogen-bond donors (Lipinski definition) is 4. The second kappa shape index (κ2) is 8.24. The predicted molar refractivity (Wildman–Crippen MR) is 107 cm³/mol. The summed E-state index contributed by atoms with van der Waals surface area (Å²) in [7, 11) is 0. The summed E-state index contributed by atoms with van der Waals surface area (Å²) < 4.78 is 0. The molecule has 1 heterocycles. The molecule has 0 aliphatic heterocycles. The van der Waals surface area contributed by atoms with Crippen molar-refractivity contribution in [3.8, 4) is 0 Å². The quantitative estimate of drug-likeness (QED) is 0.525. The molecule has 2 aromatic carbocycles. The molecule has 0 fully saturated rings. The lowest BCUT2D eigenvalue weighted by Gasteiger charge is -2.21. The fourth-order valence-electron chi connectivity index (χ4n) is 3.14. The predicted octanol–water partition coefficient (Wildman–Crippen LogP) is 3.13. The van der Waals surface area contributed by atoms with E-state index in [0.29, 0.717) is 11.6 Å². The number of nitrogens with two attached hydrogens (primary N) is 1. The molecule has 3 aromatic rings. The number of urea groups is 1. The zero-order valence-corrected chi connectivity index (χ0v) is 15.6. The molecule has 1 aromatic heterocycles. The van der Waals surface area contributed by atoms with E-state index in [1.54, 1.807) is 6.92 Å². The van der Waals surface area contributed by atoms with Gasteiger partial charge in [0, 0.05) is 34.6 Å². The van der Waals surface area contributed by atoms with Crippen LogP contribution >= 0.6 is 11.6 Å². The van der Waals surface area contributed by atoms with E-state index in [9.17, 15) is 9.59 Å². The van der Waals surface area contributed by atoms with Crippen LogP contribution in [0.15, 0.2) is 54.7 Å². The molecule has 3 amide bonds. The number of carbonyl (C=O) groups excluding carboxylic acids is 2. The summed E-state index contributed by atoms with van der Waals surface area (Å²) in [6, 6.07) is 14.2. The summed E-state index contributed by atoms with van der Waals surface area (Å²) in [5, 5.41) is 7.01. The third-order valence-corrected chi connectivity index (χ3v) is 4.89. The molecule has 3 rings (SSSR count). The summed E-state index contributed by atoms with van der Waals surface area (Å²) in [6.45, 7) is 2.14. The Kier molecular flexibility index (Phi) is 5.78. The Morgan fingerprint density at radius 2 is 1.81 bits per heavy atom. The van der Waals surface area contributed by atoms with Crippen LogP contribution in [-0.2, 0) is 4.79 Å². The van der Waals surface area contributed by atoms with Crippen LogP contribution in [0.1, 0.15) is 24.0 Å². The number of aromatic nitrogens is 1. The van der Waals surface area contributed by atoms with Crippen LogP contribution in [-0.4, -0.2) is 29.5 Å². The molecule has 0 saturated carbocycles. The largest absolute Gasteiger partial charge is 0.361 e. The minimum absolute atomic E-state index is 0.0846. The number of para-hydroxylation sites is 1. The molecule has 0 unspecified atom stereocenters. The summed E-state index contributed by atoms with van der Waals surface area (Å²) in [5.41, 5.74) is 8.08. The van der Waals surface area contributed by atoms with Crippen LogP contribution in [0.25, 0.3) is 10.9 Å². The molecule has 140 valence electrons. The van der Waals surface area contributed by atoms with Crippen LogP contribution in [0.2, 0.25) is 5.02 Å². The van der Waals surface area contributed by atoms with Crippen molar-refractivity contribution >= 4 is 34.4 Å². The number of benzene rings is 2. The Bertz CT molecular complexity index is 969. The first-order valence-corrected chi connectivity index (χ1v) is 8.99. The lowest BCUT2D eigenvalue weighted by Crippen LogP contribution is -2.47. The Morgan fingerprint density at radius 1 is 1.11 bits per heavy atom. The van der Waals surface area contributed by atoms with Gasteiger partial charge in [-0.1, -0.05) is 48.0 Å². The molecule has 0 spiro atoms. The standard InChI is InChI=1S/C20H21ClN4O2/c1-12(19(26)25-20(22)27)23-10-15(13-6-2-4-8-17(13)21)16-11-24-18-9-5-3-7-14(16)18/h2-9,11-12,15,23-24H,10H2,1H3,(H3,22,25,26,27)/t12-,15-/m0/s1. The monoisotopic (exact) mass is 384 g/mol. The molecular formula is C20H21ClN4O2. The van der Waals surface area contributed by atoms with Crippen molar-refractivity contribution in [1.82, 2.24) is 15.6 Å². The Morgan fingerprint density at radius 3 is 2.56 bits per heavy atom. The van der Waals surface area contributed by atoms with Crippen LogP contribution in [0, 0.1) is 0 Å². The number of primary amides is 1. The van der Waals surface area contributed by atoms with Gasteiger partial charge in [0.2, 0.25) is 5.91 Å². The fourth-order valence-corrected chi connectivity index (χ4v) is 3.41. The van der Waals surface area contributed by atoms with E-state index in [4.69, 9.17) is 17.3 Å². The summed E-state index contributed by atoms with van der Waals surface area (Å²) in [5.74, 6) is -0.557. The van der Waals surface area contributed by atoms with Gasteiger partial charge in [0.25, 0.3) is 0 Å². The van der Waals surface area contributed by atoms with E-state index >= 15 is 0 Å². The fraction of sp³-hybridized carbons (Fsp3) is 0.200. The van der Waals surface area contributed by atoms with E-state index in [-0.39, 0.29) is 5.92 Å². The van der Waals surface area contributed by atoms with Gasteiger partial charge >= 0.3 is 6.03 Å². The normalized spacial score (nSPS) is 13.3. The molecule has 7 heteroatoms. The number of hydrogen-bond acceptors (Lipinski definition) is 3. The lowest BCUT2D eigenvalue weighted by molar-refractivity contribution is -0.121. The smallest absolute Gasteiger partial charge is 0.318 e. The third-order valence-electron chi connectivity index (χ3n) is 4.55. The first-order valence-electron chi connectivity index (χ1n) is 8.61. The average Bonchev–Trinajstić information content (AvgIpc) is 3.06. The van der Waals surface area contributed by atoms with Gasteiger partial charge in [-0.2, -0.15) is 0 Å². The topological polar surface area (TPSA) is 100 Å². The van der Waals surface area contributed by atoms with Crippen molar-refractivity contribution in [1.29, 1.82) is 0 Å². The number of carbonyl (C=O) groups is 2. The highest BCUT2D eigenvalue weighted by molar-refractivity contribution is 6.31. The summed E-state index contributed by atoms with van der Waals surface area (Å²) in [6.07, 6.45) is 1.97. The van der Waals surface area contributed by atoms with Crippen LogP contribution in [0.4, 0.5) is 4.79 Å². The Labute approximate surface area is 162 Å². The molecule has 5 N–H and O–H groups in total. The number of imide groups is 1. The van der Waals surface area contributed by atoms with Crippen molar-refractivity contribution in [3.05, 3.63) is 70.9 Å². The van der Waals surface area contributed by atoms with Crippen LogP contribution in [0.5, 0.6) is 0 Å². The van der Waals surface area contributed by atoms with Gasteiger partial charge in [-0.3, -0.25) is 10.1 Å². The molecular weight excluding hydrogens is 364 g/mol. The van der Waals surface area contributed by atoms with Crippen molar-refractivity contribution in [2.75, 3.05) is 6.54 Å². The van der Waals surface area contributed by atoms with E-state index in [1.165, 1.54) is 0 Å². The number of rotatable bonds is 6. The van der Waals surface area contributed by atoms with Crippen LogP contribution < -0.4 is 16.4 Å². The van der Waals surface area contributed by atoms with Crippen LogP contribution in [0.3, 0.4) is 0 Å². The van der Waals surface area contributed by atoms with Crippen molar-refractivity contribution < 1.29 is 9.59 Å². The van der Waals surface area contributed by atoms with Crippen molar-refractivity contribution in [2.45, 2.75) is 18.9 Å². The van der Waals surface area contributed by atoms with Gasteiger partial charge in [0.15, 0.2) is 0 Å². The highest BCUT2D eigenvalue weighted by Gasteiger charge is 2.22.